The predicted molar refractivity (Wildman–Crippen MR) is 87.1 cm³/mol. The lowest BCUT2D eigenvalue weighted by atomic mass is 10.0. The molecule has 1 unspecified atom stereocenters. The van der Waals surface area contributed by atoms with Crippen molar-refractivity contribution in [2.24, 2.45) is 0 Å². The van der Waals surface area contributed by atoms with Gasteiger partial charge in [0.1, 0.15) is 0 Å². The van der Waals surface area contributed by atoms with Crippen LogP contribution < -0.4 is 5.32 Å². The Labute approximate surface area is 151 Å². The van der Waals surface area contributed by atoms with Gasteiger partial charge in [0.2, 0.25) is 15.4 Å². The summed E-state index contributed by atoms with van der Waals surface area (Å²) in [5.74, 6) is -2.34. The molecule has 2 aromatic rings. The van der Waals surface area contributed by atoms with Crippen molar-refractivity contribution in [3.8, 4) is 0 Å². The van der Waals surface area contributed by atoms with Gasteiger partial charge in [-0.1, -0.05) is 12.1 Å². The number of aliphatic hydroxyl groups is 1. The van der Waals surface area contributed by atoms with E-state index >= 15 is 0 Å². The van der Waals surface area contributed by atoms with E-state index in [0.29, 0.717) is 0 Å². The molecule has 1 atom stereocenters. The number of benzene rings is 2. The number of nitrogens with one attached hydrogen (secondary N) is 1. The highest BCUT2D eigenvalue weighted by Crippen LogP contribution is 2.36. The van der Waals surface area contributed by atoms with E-state index in [1.807, 2.05) is 5.32 Å². The molecule has 142 valence electrons. The number of amides is 1. The monoisotopic (exact) mass is 399 g/mol. The number of fused-ring (bicyclic) bond motifs is 2. The second-order valence-electron chi connectivity index (χ2n) is 6.06. The fraction of sp³-hybridized carbons (Fsp3) is 0.176. The van der Waals surface area contributed by atoms with Crippen molar-refractivity contribution in [2.45, 2.75) is 28.5 Å². The highest BCUT2D eigenvalue weighted by atomic mass is 32.2. The highest BCUT2D eigenvalue weighted by Gasteiger charge is 2.55. The Morgan fingerprint density at radius 2 is 1.63 bits per heavy atom. The molecule has 0 saturated heterocycles. The summed E-state index contributed by atoms with van der Waals surface area (Å²) in [4.78, 5) is 23.6. The van der Waals surface area contributed by atoms with E-state index in [0.717, 1.165) is 18.2 Å². The van der Waals surface area contributed by atoms with Crippen LogP contribution in [0.4, 0.5) is 18.9 Å². The van der Waals surface area contributed by atoms with Crippen LogP contribution in [0.15, 0.2) is 52.3 Å². The van der Waals surface area contributed by atoms with Crippen LogP contribution in [-0.2, 0) is 14.6 Å². The summed E-state index contributed by atoms with van der Waals surface area (Å²) >= 11 is 0. The number of hydrogen-bond donors (Lipinski definition) is 2. The first-order valence-electron chi connectivity index (χ1n) is 7.51. The van der Waals surface area contributed by atoms with Gasteiger partial charge in [0.15, 0.2) is 5.78 Å². The van der Waals surface area contributed by atoms with Gasteiger partial charge >= 0.3 is 6.18 Å². The number of ketones is 1. The number of hydrogen-bond acceptors (Lipinski definition) is 5. The van der Waals surface area contributed by atoms with Crippen molar-refractivity contribution >= 4 is 27.2 Å². The van der Waals surface area contributed by atoms with Gasteiger partial charge in [-0.3, -0.25) is 9.59 Å². The Hall–Kier alpha value is -2.72. The molecule has 1 heterocycles. The summed E-state index contributed by atoms with van der Waals surface area (Å²) in [6.07, 6.45) is -5.23. The minimum absolute atomic E-state index is 0.0122. The zero-order valence-corrected chi connectivity index (χ0v) is 14.5. The van der Waals surface area contributed by atoms with Gasteiger partial charge in [0.05, 0.1) is 9.79 Å². The molecule has 2 aromatic carbocycles. The lowest BCUT2D eigenvalue weighted by molar-refractivity contribution is -0.242. The van der Waals surface area contributed by atoms with E-state index in [1.165, 1.54) is 24.3 Å². The van der Waals surface area contributed by atoms with Crippen LogP contribution in [0.5, 0.6) is 0 Å². The Kier molecular flexibility index (Phi) is 4.16. The van der Waals surface area contributed by atoms with Crippen molar-refractivity contribution < 1.29 is 36.3 Å². The maximum absolute atomic E-state index is 12.7. The van der Waals surface area contributed by atoms with Gasteiger partial charge in [-0.05, 0) is 37.3 Å². The third-order valence-corrected chi connectivity index (χ3v) is 6.04. The molecule has 1 aliphatic rings. The zero-order valence-electron chi connectivity index (χ0n) is 13.7. The zero-order chi connectivity index (χ0) is 20.2. The maximum Gasteiger partial charge on any atom is 0.426 e. The van der Waals surface area contributed by atoms with Gasteiger partial charge in [-0.25, -0.2) is 8.42 Å². The number of alkyl halides is 3. The number of anilines is 1. The first-order chi connectivity index (χ1) is 12.4. The van der Waals surface area contributed by atoms with E-state index in [1.54, 1.807) is 0 Å². The van der Waals surface area contributed by atoms with Crippen LogP contribution in [0.1, 0.15) is 22.8 Å². The number of rotatable bonds is 2. The molecule has 27 heavy (non-hydrogen) atoms. The van der Waals surface area contributed by atoms with E-state index in [2.05, 4.69) is 0 Å². The molecule has 0 bridgehead atoms. The van der Waals surface area contributed by atoms with E-state index in [9.17, 15) is 36.3 Å². The van der Waals surface area contributed by atoms with Crippen molar-refractivity contribution in [1.82, 2.24) is 0 Å². The highest BCUT2D eigenvalue weighted by molar-refractivity contribution is 7.91. The third kappa shape index (κ3) is 2.90. The molecule has 10 heteroatoms. The third-order valence-electron chi connectivity index (χ3n) is 4.19. The molecule has 0 saturated carbocycles. The van der Waals surface area contributed by atoms with Gasteiger partial charge in [0, 0.05) is 16.8 Å². The minimum atomic E-state index is -5.23. The lowest BCUT2D eigenvalue weighted by Gasteiger charge is -2.25. The number of halogens is 3. The molecule has 1 aliphatic heterocycles. The van der Waals surface area contributed by atoms with Crippen molar-refractivity contribution in [1.29, 1.82) is 0 Å². The molecule has 2 N–H and O–H groups in total. The van der Waals surface area contributed by atoms with Crippen LogP contribution in [-0.4, -0.2) is 37.0 Å². The van der Waals surface area contributed by atoms with Gasteiger partial charge < -0.3 is 10.4 Å². The smallest absolute Gasteiger partial charge is 0.373 e. The lowest BCUT2D eigenvalue weighted by Crippen LogP contribution is -2.52. The summed E-state index contributed by atoms with van der Waals surface area (Å²) in [6, 6.07) is 8.61. The minimum Gasteiger partial charge on any atom is -0.373 e. The van der Waals surface area contributed by atoms with Crippen molar-refractivity contribution in [2.75, 3.05) is 5.32 Å². The standard InChI is InChI=1S/C17H12F3NO5S/c1-16(24,17(18,19)20)15(23)21-9-6-7-11-13(8-9)27(25,26)12-5-3-2-4-10(12)14(11)22/h2-8,24H,1H3,(H,21,23). The summed E-state index contributed by atoms with van der Waals surface area (Å²) < 4.78 is 63.7. The molecular weight excluding hydrogens is 387 g/mol. The molecule has 0 fully saturated rings. The quantitative estimate of drug-likeness (QED) is 0.689. The van der Waals surface area contributed by atoms with Crippen molar-refractivity contribution in [3.05, 3.63) is 53.6 Å². The Morgan fingerprint density at radius 3 is 2.26 bits per heavy atom. The first kappa shape index (κ1) is 19.1. The first-order valence-corrected chi connectivity index (χ1v) is 8.99. The average molecular weight is 399 g/mol. The normalized spacial score (nSPS) is 17.4. The molecule has 6 nitrogen and oxygen atoms in total. The molecule has 0 spiro atoms. The average Bonchev–Trinajstić information content (AvgIpc) is 2.59. The Bertz CT molecular complexity index is 1070. The number of carbonyl (C=O) groups is 2. The van der Waals surface area contributed by atoms with Crippen LogP contribution in [0, 0.1) is 0 Å². The summed E-state index contributed by atoms with van der Waals surface area (Å²) in [5.41, 5.74) is -4.15. The van der Waals surface area contributed by atoms with Gasteiger partial charge in [-0.2, -0.15) is 13.2 Å². The van der Waals surface area contributed by atoms with Crippen LogP contribution >= 0.6 is 0 Å². The van der Waals surface area contributed by atoms with Crippen LogP contribution in [0.3, 0.4) is 0 Å². The van der Waals surface area contributed by atoms with Crippen LogP contribution in [0.2, 0.25) is 0 Å². The SMILES string of the molecule is CC(O)(C(=O)Nc1ccc2c(c1)S(=O)(=O)c1ccccc1C2=O)C(F)(F)F. The second-order valence-corrected chi connectivity index (χ2v) is 7.95. The van der Waals surface area contributed by atoms with Crippen LogP contribution in [0.25, 0.3) is 0 Å². The molecule has 0 aromatic heterocycles. The molecule has 0 radical (unpaired) electrons. The fourth-order valence-corrected chi connectivity index (χ4v) is 4.22. The molecular formula is C17H12F3NO5S. The fourth-order valence-electron chi connectivity index (χ4n) is 2.54. The maximum atomic E-state index is 12.7. The van der Waals surface area contributed by atoms with E-state index < -0.39 is 38.2 Å². The number of carbonyl (C=O) groups excluding carboxylic acids is 2. The van der Waals surface area contributed by atoms with Gasteiger partial charge in [-0.15, -0.1) is 0 Å². The molecule has 1 amide bonds. The topological polar surface area (TPSA) is 101 Å². The van der Waals surface area contributed by atoms with Gasteiger partial charge in [0.25, 0.3) is 5.91 Å². The largest absolute Gasteiger partial charge is 0.426 e. The van der Waals surface area contributed by atoms with E-state index in [-0.39, 0.29) is 28.6 Å². The Morgan fingerprint density at radius 1 is 1.04 bits per heavy atom. The summed E-state index contributed by atoms with van der Waals surface area (Å²) in [6.45, 7) is 0.275. The number of sulfone groups is 1. The second kappa shape index (κ2) is 5.89. The predicted octanol–water partition coefficient (Wildman–Crippen LogP) is 2.32. The summed E-state index contributed by atoms with van der Waals surface area (Å²) in [7, 11) is -4.11. The molecule has 3 rings (SSSR count). The Balaban J connectivity index is 2.05. The van der Waals surface area contributed by atoms with E-state index in [4.69, 9.17) is 0 Å². The van der Waals surface area contributed by atoms with Crippen molar-refractivity contribution in [3.63, 3.8) is 0 Å². The molecule has 0 aliphatic carbocycles. The summed E-state index contributed by atoms with van der Waals surface area (Å²) in [5, 5.41) is 11.2.